The lowest BCUT2D eigenvalue weighted by Crippen LogP contribution is -2.43. The number of carbonyl (C=O) groups excluding carboxylic acids is 1. The Bertz CT molecular complexity index is 456. The van der Waals surface area contributed by atoms with Crippen molar-refractivity contribution in [2.24, 2.45) is 5.92 Å². The lowest BCUT2D eigenvalue weighted by atomic mass is 9.93. The molecule has 0 aliphatic heterocycles. The number of hydrogen-bond acceptors (Lipinski definition) is 3. The van der Waals surface area contributed by atoms with E-state index in [-0.39, 0.29) is 5.91 Å². The Morgan fingerprint density at radius 1 is 1.27 bits per heavy atom. The molecule has 0 aliphatic rings. The minimum atomic E-state index is -0.815. The molecule has 1 rings (SSSR count). The smallest absolute Gasteiger partial charge is 0.256 e. The zero-order valence-corrected chi connectivity index (χ0v) is 14.4. The van der Waals surface area contributed by atoms with E-state index in [1.54, 1.807) is 7.11 Å². The predicted molar refractivity (Wildman–Crippen MR) is 90.3 cm³/mol. The third-order valence-corrected chi connectivity index (χ3v) is 3.61. The van der Waals surface area contributed by atoms with Crippen molar-refractivity contribution in [2.45, 2.75) is 52.6 Å². The van der Waals surface area contributed by atoms with Gasteiger partial charge in [0.05, 0.1) is 6.61 Å². The van der Waals surface area contributed by atoms with Crippen LogP contribution in [0.25, 0.3) is 0 Å². The van der Waals surface area contributed by atoms with Gasteiger partial charge in [0, 0.05) is 12.8 Å². The van der Waals surface area contributed by atoms with Crippen LogP contribution in [0.3, 0.4) is 0 Å². The second-order valence-electron chi connectivity index (χ2n) is 6.21. The number of carbonyl (C=O) groups is 1. The number of nitrogens with one attached hydrogen (secondary N) is 1. The van der Waals surface area contributed by atoms with Crippen molar-refractivity contribution in [3.8, 4) is 5.75 Å². The van der Waals surface area contributed by atoms with Crippen LogP contribution >= 0.6 is 0 Å². The van der Waals surface area contributed by atoms with E-state index in [0.29, 0.717) is 12.3 Å². The van der Waals surface area contributed by atoms with E-state index in [1.807, 2.05) is 31.2 Å². The number of ether oxygens (including phenoxy) is 2. The molecule has 0 spiro atoms. The van der Waals surface area contributed by atoms with E-state index in [4.69, 9.17) is 9.47 Å². The molecule has 0 fully saturated rings. The number of hydrogen-bond donors (Lipinski definition) is 1. The molecule has 1 aromatic carbocycles. The van der Waals surface area contributed by atoms with Crippen molar-refractivity contribution in [2.75, 3.05) is 19.0 Å². The van der Waals surface area contributed by atoms with Gasteiger partial charge in [0.25, 0.3) is 5.91 Å². The van der Waals surface area contributed by atoms with E-state index in [2.05, 4.69) is 26.1 Å². The van der Waals surface area contributed by atoms with E-state index in [1.165, 1.54) is 0 Å². The van der Waals surface area contributed by atoms with Crippen molar-refractivity contribution in [3.05, 3.63) is 24.3 Å². The summed E-state index contributed by atoms with van der Waals surface area (Å²) in [5.41, 5.74) is -0.0651. The second kappa shape index (κ2) is 8.79. The van der Waals surface area contributed by atoms with Gasteiger partial charge < -0.3 is 14.8 Å². The summed E-state index contributed by atoms with van der Waals surface area (Å²) in [6.45, 7) is 8.83. The van der Waals surface area contributed by atoms with E-state index < -0.39 is 5.60 Å². The molecule has 1 atom stereocenters. The van der Waals surface area contributed by atoms with Crippen LogP contribution in [0.5, 0.6) is 5.75 Å². The van der Waals surface area contributed by atoms with Gasteiger partial charge in [-0.2, -0.15) is 0 Å². The Balaban J connectivity index is 2.63. The van der Waals surface area contributed by atoms with Gasteiger partial charge in [-0.1, -0.05) is 27.2 Å². The Kier molecular flexibility index (Phi) is 7.39. The largest absolute Gasteiger partial charge is 0.494 e. The van der Waals surface area contributed by atoms with Crippen LogP contribution in [0.1, 0.15) is 47.0 Å². The monoisotopic (exact) mass is 307 g/mol. The molecule has 0 radical (unpaired) electrons. The van der Waals surface area contributed by atoms with E-state index >= 15 is 0 Å². The third kappa shape index (κ3) is 5.68. The fourth-order valence-corrected chi connectivity index (χ4v) is 2.28. The molecule has 0 saturated heterocycles. The lowest BCUT2D eigenvalue weighted by Gasteiger charge is -2.28. The Morgan fingerprint density at radius 3 is 2.41 bits per heavy atom. The fourth-order valence-electron chi connectivity index (χ4n) is 2.28. The summed E-state index contributed by atoms with van der Waals surface area (Å²) in [5.74, 6) is 1.08. The van der Waals surface area contributed by atoms with Crippen LogP contribution in [0.2, 0.25) is 0 Å². The third-order valence-electron chi connectivity index (χ3n) is 3.61. The summed E-state index contributed by atoms with van der Waals surface area (Å²) in [7, 11) is 1.58. The molecule has 1 amide bonds. The number of anilines is 1. The fraction of sp³-hybridized carbons (Fsp3) is 0.611. The molecule has 0 heterocycles. The van der Waals surface area contributed by atoms with Crippen molar-refractivity contribution in [3.63, 3.8) is 0 Å². The number of rotatable bonds is 9. The summed E-state index contributed by atoms with van der Waals surface area (Å²) in [6, 6.07) is 7.45. The highest BCUT2D eigenvalue weighted by molar-refractivity contribution is 5.97. The van der Waals surface area contributed by atoms with Gasteiger partial charge in [0.2, 0.25) is 0 Å². The Morgan fingerprint density at radius 2 is 1.91 bits per heavy atom. The van der Waals surface area contributed by atoms with Crippen LogP contribution in [-0.2, 0) is 9.53 Å². The highest BCUT2D eigenvalue weighted by Gasteiger charge is 2.33. The number of amides is 1. The molecule has 0 aliphatic carbocycles. The summed E-state index contributed by atoms with van der Waals surface area (Å²) < 4.78 is 11.0. The molecule has 0 aromatic heterocycles. The number of methoxy groups -OCH3 is 1. The molecular weight excluding hydrogens is 278 g/mol. The van der Waals surface area contributed by atoms with E-state index in [9.17, 15) is 4.79 Å². The van der Waals surface area contributed by atoms with Gasteiger partial charge >= 0.3 is 0 Å². The summed E-state index contributed by atoms with van der Waals surface area (Å²) in [5, 5.41) is 2.91. The van der Waals surface area contributed by atoms with Gasteiger partial charge in [0.15, 0.2) is 0 Å². The Labute approximate surface area is 134 Å². The maximum Gasteiger partial charge on any atom is 0.256 e. The molecule has 124 valence electrons. The number of unbranched alkanes of at least 4 members (excludes halogenated alkanes) is 1. The molecule has 1 aromatic rings. The molecule has 0 saturated carbocycles. The van der Waals surface area contributed by atoms with Crippen molar-refractivity contribution in [1.29, 1.82) is 0 Å². The van der Waals surface area contributed by atoms with Crippen molar-refractivity contribution >= 4 is 11.6 Å². The standard InChI is InChI=1S/C18H29NO3/c1-6-7-12-22-16-10-8-15(9-11-16)19-17(20)18(4,21-5)13-14(2)3/h8-11,14H,6-7,12-13H2,1-5H3,(H,19,20). The molecule has 1 unspecified atom stereocenters. The lowest BCUT2D eigenvalue weighted by molar-refractivity contribution is -0.137. The van der Waals surface area contributed by atoms with Gasteiger partial charge in [-0.3, -0.25) is 4.79 Å². The Hall–Kier alpha value is -1.55. The predicted octanol–water partition coefficient (Wildman–Crippen LogP) is 4.26. The molecule has 22 heavy (non-hydrogen) atoms. The van der Waals surface area contributed by atoms with Gasteiger partial charge in [-0.05, 0) is 49.9 Å². The van der Waals surface area contributed by atoms with Gasteiger partial charge in [-0.15, -0.1) is 0 Å². The summed E-state index contributed by atoms with van der Waals surface area (Å²) in [4.78, 5) is 12.4. The van der Waals surface area contributed by atoms with E-state index in [0.717, 1.165) is 30.9 Å². The SMILES string of the molecule is CCCCOc1ccc(NC(=O)C(C)(CC(C)C)OC)cc1. The summed E-state index contributed by atoms with van der Waals surface area (Å²) >= 11 is 0. The minimum absolute atomic E-state index is 0.122. The van der Waals surface area contributed by atoms with Crippen LogP contribution in [0, 0.1) is 5.92 Å². The summed E-state index contributed by atoms with van der Waals surface area (Å²) in [6.07, 6.45) is 2.83. The van der Waals surface area contributed by atoms with Gasteiger partial charge in [-0.25, -0.2) is 0 Å². The minimum Gasteiger partial charge on any atom is -0.494 e. The van der Waals surface area contributed by atoms with Crippen molar-refractivity contribution in [1.82, 2.24) is 0 Å². The second-order valence-corrected chi connectivity index (χ2v) is 6.21. The first-order valence-corrected chi connectivity index (χ1v) is 8.00. The maximum absolute atomic E-state index is 12.4. The molecule has 0 bridgehead atoms. The molecule has 1 N–H and O–H groups in total. The van der Waals surface area contributed by atoms with Crippen LogP contribution in [0.4, 0.5) is 5.69 Å². The number of benzene rings is 1. The van der Waals surface area contributed by atoms with Crippen LogP contribution < -0.4 is 10.1 Å². The highest BCUT2D eigenvalue weighted by Crippen LogP contribution is 2.23. The molecule has 4 nitrogen and oxygen atoms in total. The first-order chi connectivity index (χ1) is 10.4. The molecular formula is C18H29NO3. The first kappa shape index (κ1) is 18.5. The first-order valence-electron chi connectivity index (χ1n) is 8.00. The maximum atomic E-state index is 12.4. The van der Waals surface area contributed by atoms with Gasteiger partial charge in [0.1, 0.15) is 11.4 Å². The van der Waals surface area contributed by atoms with Crippen molar-refractivity contribution < 1.29 is 14.3 Å². The average molecular weight is 307 g/mol. The topological polar surface area (TPSA) is 47.6 Å². The van der Waals surface area contributed by atoms with Crippen LogP contribution in [-0.4, -0.2) is 25.2 Å². The zero-order chi connectivity index (χ0) is 16.6. The van der Waals surface area contributed by atoms with Crippen LogP contribution in [0.15, 0.2) is 24.3 Å². The zero-order valence-electron chi connectivity index (χ0n) is 14.4. The quantitative estimate of drug-likeness (QED) is 0.694. The highest BCUT2D eigenvalue weighted by atomic mass is 16.5. The molecule has 4 heteroatoms. The average Bonchev–Trinajstić information content (AvgIpc) is 2.48. The normalized spacial score (nSPS) is 13.7.